The van der Waals surface area contributed by atoms with E-state index < -0.39 is 30.6 Å². The molecule has 8 heteroatoms. The van der Waals surface area contributed by atoms with E-state index >= 15 is 0 Å². The normalized spacial score (nSPS) is 41.2. The molecule has 5 atom stereocenters. The third-order valence-electron chi connectivity index (χ3n) is 2.68. The topological polar surface area (TPSA) is 117 Å². The minimum absolute atomic E-state index is 0.251. The van der Waals surface area contributed by atoms with E-state index in [1.54, 1.807) is 0 Å². The van der Waals surface area contributed by atoms with E-state index in [2.05, 4.69) is 15.3 Å². The monoisotopic (exact) mass is 228 g/mol. The molecule has 0 aromatic rings. The molecule has 1 amide bonds. The van der Waals surface area contributed by atoms with Crippen molar-refractivity contribution in [2.75, 3.05) is 6.61 Å². The number of aliphatic hydroxyl groups excluding tert-OH is 1. The Bertz CT molecular complexity index is 343. The predicted molar refractivity (Wildman–Crippen MR) is 51.2 cm³/mol. The molecule has 0 aromatic carbocycles. The zero-order chi connectivity index (χ0) is 11.7. The third-order valence-corrected chi connectivity index (χ3v) is 2.68. The summed E-state index contributed by atoms with van der Waals surface area (Å²) < 4.78 is 10.6. The number of nitrogens with one attached hydrogen (secondary N) is 1. The second-order valence-electron chi connectivity index (χ2n) is 3.79. The maximum atomic E-state index is 11.0. The molecule has 16 heavy (non-hydrogen) atoms. The summed E-state index contributed by atoms with van der Waals surface area (Å²) in [6.45, 7) is 1.58. The number of nitrogens with zero attached hydrogens (tertiary/aromatic N) is 3. The summed E-state index contributed by atoms with van der Waals surface area (Å²) in [6, 6.07) is -1.44. The highest BCUT2D eigenvalue weighted by Crippen LogP contribution is 2.30. The van der Waals surface area contributed by atoms with Gasteiger partial charge in [0.1, 0.15) is 6.04 Å². The smallest absolute Gasteiger partial charge is 0.217 e. The Morgan fingerprint density at radius 3 is 3.06 bits per heavy atom. The van der Waals surface area contributed by atoms with Crippen LogP contribution in [0.25, 0.3) is 10.4 Å². The Morgan fingerprint density at radius 1 is 1.69 bits per heavy atom. The lowest BCUT2D eigenvalue weighted by Gasteiger charge is -2.36. The molecule has 8 nitrogen and oxygen atoms in total. The fourth-order valence-corrected chi connectivity index (χ4v) is 1.99. The summed E-state index contributed by atoms with van der Waals surface area (Å²) in [4.78, 5) is 13.6. The van der Waals surface area contributed by atoms with E-state index in [0.29, 0.717) is 0 Å². The Balaban J connectivity index is 2.18. The minimum Gasteiger partial charge on any atom is -0.390 e. The Morgan fingerprint density at radius 2 is 2.44 bits per heavy atom. The van der Waals surface area contributed by atoms with Crippen LogP contribution in [0.4, 0.5) is 0 Å². The molecule has 0 aromatic heterocycles. The number of ether oxygens (including phenoxy) is 2. The van der Waals surface area contributed by atoms with E-state index in [4.69, 9.17) is 15.0 Å². The number of fused-ring (bicyclic) bond motifs is 2. The summed E-state index contributed by atoms with van der Waals surface area (Å²) in [5.74, 6) is -0.304. The number of rotatable bonds is 2. The van der Waals surface area contributed by atoms with Crippen molar-refractivity contribution in [3.05, 3.63) is 10.4 Å². The van der Waals surface area contributed by atoms with Crippen molar-refractivity contribution in [3.8, 4) is 0 Å². The standard InChI is InChI=1S/C8H12N4O4/c1-3(13)10-6-7(14)5(11-12-9)4-2-15-8(6)16-4/h4-8,14H,2H2,1H3,(H,10,13)/t4-,5-,6+,7+,8-/m1/s1. The molecule has 0 aliphatic carbocycles. The van der Waals surface area contributed by atoms with Crippen molar-refractivity contribution in [3.63, 3.8) is 0 Å². The second-order valence-corrected chi connectivity index (χ2v) is 3.79. The molecular formula is C8H12N4O4. The molecular weight excluding hydrogens is 216 g/mol. The number of amides is 1. The lowest BCUT2D eigenvalue weighted by atomic mass is 9.97. The van der Waals surface area contributed by atoms with Crippen LogP contribution in [-0.4, -0.2) is 48.2 Å². The lowest BCUT2D eigenvalue weighted by Crippen LogP contribution is -2.59. The van der Waals surface area contributed by atoms with Gasteiger partial charge in [-0.1, -0.05) is 5.11 Å². The van der Waals surface area contributed by atoms with Gasteiger partial charge in [0.25, 0.3) is 0 Å². The number of carbonyl (C=O) groups is 1. The number of hydrogen-bond donors (Lipinski definition) is 2. The Kier molecular flexibility index (Phi) is 2.97. The van der Waals surface area contributed by atoms with Crippen LogP contribution < -0.4 is 5.32 Å². The van der Waals surface area contributed by atoms with Crippen LogP contribution in [0.3, 0.4) is 0 Å². The molecule has 2 aliphatic rings. The van der Waals surface area contributed by atoms with Crippen LogP contribution in [0, 0.1) is 0 Å². The van der Waals surface area contributed by atoms with Gasteiger partial charge in [-0.15, -0.1) is 0 Å². The zero-order valence-electron chi connectivity index (χ0n) is 8.61. The Labute approximate surface area is 91.1 Å². The van der Waals surface area contributed by atoms with Crippen molar-refractivity contribution in [1.82, 2.24) is 5.32 Å². The summed E-state index contributed by atoms with van der Waals surface area (Å²) in [6.07, 6.45) is -2.11. The first kappa shape index (κ1) is 11.2. The summed E-state index contributed by atoms with van der Waals surface area (Å²) in [7, 11) is 0. The van der Waals surface area contributed by atoms with Gasteiger partial charge in [0.2, 0.25) is 5.91 Å². The van der Waals surface area contributed by atoms with Crippen LogP contribution in [0.1, 0.15) is 6.92 Å². The van der Waals surface area contributed by atoms with Crippen LogP contribution >= 0.6 is 0 Å². The van der Waals surface area contributed by atoms with E-state index in [-0.39, 0.29) is 12.5 Å². The molecule has 0 saturated carbocycles. The van der Waals surface area contributed by atoms with Gasteiger partial charge in [0.05, 0.1) is 24.9 Å². The van der Waals surface area contributed by atoms with Crippen LogP contribution in [0.2, 0.25) is 0 Å². The van der Waals surface area contributed by atoms with Gasteiger partial charge in [-0.25, -0.2) is 0 Å². The molecule has 88 valence electrons. The van der Waals surface area contributed by atoms with Crippen molar-refractivity contribution >= 4 is 5.91 Å². The second kappa shape index (κ2) is 4.26. The molecule has 2 saturated heterocycles. The summed E-state index contributed by atoms with van der Waals surface area (Å²) in [5.41, 5.74) is 8.39. The summed E-state index contributed by atoms with van der Waals surface area (Å²) >= 11 is 0. The van der Waals surface area contributed by atoms with E-state index in [1.165, 1.54) is 6.92 Å². The average Bonchev–Trinajstić information content (AvgIpc) is 2.65. The predicted octanol–water partition coefficient (Wildman–Crippen LogP) is -0.714. The zero-order valence-corrected chi connectivity index (χ0v) is 8.61. The van der Waals surface area contributed by atoms with E-state index in [1.807, 2.05) is 0 Å². The lowest BCUT2D eigenvalue weighted by molar-refractivity contribution is -0.154. The molecule has 2 aliphatic heterocycles. The number of carbonyl (C=O) groups excluding carboxylic acids is 1. The maximum Gasteiger partial charge on any atom is 0.217 e. The molecule has 2 rings (SSSR count). The maximum absolute atomic E-state index is 11.0. The van der Waals surface area contributed by atoms with Gasteiger partial charge in [-0.05, 0) is 5.53 Å². The molecule has 2 heterocycles. The summed E-state index contributed by atoms with van der Waals surface area (Å²) in [5, 5.41) is 16.0. The number of azide groups is 1. The van der Waals surface area contributed by atoms with Gasteiger partial charge >= 0.3 is 0 Å². The van der Waals surface area contributed by atoms with E-state index in [9.17, 15) is 9.90 Å². The number of aliphatic hydroxyl groups is 1. The number of hydrogen-bond acceptors (Lipinski definition) is 5. The molecule has 0 radical (unpaired) electrons. The first-order valence-corrected chi connectivity index (χ1v) is 4.90. The van der Waals surface area contributed by atoms with Crippen LogP contribution in [-0.2, 0) is 14.3 Å². The van der Waals surface area contributed by atoms with Gasteiger partial charge < -0.3 is 19.9 Å². The fraction of sp³-hybridized carbons (Fsp3) is 0.875. The van der Waals surface area contributed by atoms with Crippen molar-refractivity contribution < 1.29 is 19.4 Å². The molecule has 2 bridgehead atoms. The molecule has 0 spiro atoms. The van der Waals surface area contributed by atoms with Crippen LogP contribution in [0.15, 0.2) is 5.11 Å². The average molecular weight is 228 g/mol. The van der Waals surface area contributed by atoms with E-state index in [0.717, 1.165) is 0 Å². The SMILES string of the molecule is CC(=O)N[C@@H]1[C@@H]2OC[C@@H](O2)[C@@H](N=[N+]=[N-])[C@@H]1O. The highest BCUT2D eigenvalue weighted by atomic mass is 16.7. The van der Waals surface area contributed by atoms with Gasteiger partial charge in [0, 0.05) is 11.8 Å². The highest BCUT2D eigenvalue weighted by molar-refractivity contribution is 5.73. The fourth-order valence-electron chi connectivity index (χ4n) is 1.99. The minimum atomic E-state index is -0.994. The first-order chi connectivity index (χ1) is 7.63. The quantitative estimate of drug-likeness (QED) is 0.368. The third kappa shape index (κ3) is 1.83. The van der Waals surface area contributed by atoms with Crippen molar-refractivity contribution in [1.29, 1.82) is 0 Å². The van der Waals surface area contributed by atoms with Gasteiger partial charge in [-0.2, -0.15) is 0 Å². The molecule has 2 fully saturated rings. The molecule has 0 unspecified atom stereocenters. The van der Waals surface area contributed by atoms with Crippen LogP contribution in [0.5, 0.6) is 0 Å². The first-order valence-electron chi connectivity index (χ1n) is 4.90. The largest absolute Gasteiger partial charge is 0.390 e. The van der Waals surface area contributed by atoms with Gasteiger partial charge in [-0.3, -0.25) is 4.79 Å². The Hall–Kier alpha value is -1.34. The van der Waals surface area contributed by atoms with Crippen molar-refractivity contribution in [2.45, 2.75) is 37.5 Å². The van der Waals surface area contributed by atoms with Gasteiger partial charge in [0.15, 0.2) is 6.29 Å². The molecule has 2 N–H and O–H groups in total. The highest BCUT2D eigenvalue weighted by Gasteiger charge is 2.50. The van der Waals surface area contributed by atoms with Crippen molar-refractivity contribution in [2.24, 2.45) is 5.11 Å².